The molecule has 3 rings (SSSR count). The minimum absolute atomic E-state index is 0.0124. The van der Waals surface area contributed by atoms with E-state index in [9.17, 15) is 40.3 Å². The molecule has 0 spiro atoms. The minimum Gasteiger partial charge on any atom is -0.478 e. The van der Waals surface area contributed by atoms with Crippen molar-refractivity contribution in [3.05, 3.63) is 89.5 Å². The van der Waals surface area contributed by atoms with Crippen LogP contribution in [0.15, 0.2) is 71.6 Å². The number of rotatable bonds is 8. The van der Waals surface area contributed by atoms with Crippen molar-refractivity contribution in [1.82, 2.24) is 0 Å². The molecular weight excluding hydrogens is 539 g/mol. The molecule has 0 aromatic heterocycles. The van der Waals surface area contributed by atoms with Crippen LogP contribution in [0.1, 0.15) is 22.8 Å². The molecule has 8 nitrogen and oxygen atoms in total. The average molecular weight is 560 g/mol. The Labute approximate surface area is 214 Å². The van der Waals surface area contributed by atoms with Crippen molar-refractivity contribution >= 4 is 33.3 Å². The molecule has 0 amide bonds. The van der Waals surface area contributed by atoms with E-state index in [2.05, 4.69) is 4.72 Å². The Morgan fingerprint density at radius 2 is 1.53 bits per heavy atom. The van der Waals surface area contributed by atoms with Gasteiger partial charge in [0.25, 0.3) is 10.0 Å². The van der Waals surface area contributed by atoms with Crippen molar-refractivity contribution in [1.29, 1.82) is 0 Å². The summed E-state index contributed by atoms with van der Waals surface area (Å²) in [5.74, 6) is -6.46. The molecule has 14 heteroatoms. The Hall–Kier alpha value is -4.20. The van der Waals surface area contributed by atoms with Crippen LogP contribution in [-0.2, 0) is 21.4 Å². The number of anilines is 2. The van der Waals surface area contributed by atoms with Crippen LogP contribution in [0.5, 0.6) is 0 Å². The van der Waals surface area contributed by atoms with Crippen LogP contribution >= 0.6 is 0 Å². The molecule has 3 N–H and O–H groups in total. The Kier molecular flexibility index (Phi) is 9.77. The highest BCUT2D eigenvalue weighted by atomic mass is 32.2. The predicted octanol–water partition coefficient (Wildman–Crippen LogP) is 5.12. The first-order valence-corrected chi connectivity index (χ1v) is 12.1. The number of nitrogens with zero attached hydrogens (tertiary/aromatic N) is 1. The van der Waals surface area contributed by atoms with Crippen molar-refractivity contribution < 1.29 is 50.2 Å². The highest BCUT2D eigenvalue weighted by Gasteiger charge is 2.38. The number of halogens is 5. The Morgan fingerprint density at radius 1 is 0.921 bits per heavy atom. The van der Waals surface area contributed by atoms with E-state index in [1.54, 1.807) is 0 Å². The van der Waals surface area contributed by atoms with Crippen LogP contribution in [0.25, 0.3) is 0 Å². The molecule has 204 valence electrons. The summed E-state index contributed by atoms with van der Waals surface area (Å²) < 4.78 is 85.5. The van der Waals surface area contributed by atoms with Gasteiger partial charge in [0.2, 0.25) is 0 Å². The van der Waals surface area contributed by atoms with E-state index in [1.807, 2.05) is 42.2 Å². The van der Waals surface area contributed by atoms with Gasteiger partial charge in [-0.25, -0.2) is 26.8 Å². The fraction of sp³-hybridized carbons (Fsp3) is 0.167. The molecule has 0 heterocycles. The summed E-state index contributed by atoms with van der Waals surface area (Å²) in [6, 6.07) is 15.8. The molecule has 0 atom stereocenters. The van der Waals surface area contributed by atoms with Gasteiger partial charge in [-0.15, -0.1) is 0 Å². The van der Waals surface area contributed by atoms with Crippen LogP contribution in [0.3, 0.4) is 0 Å². The van der Waals surface area contributed by atoms with Crippen molar-refractivity contribution in [3.63, 3.8) is 0 Å². The highest BCUT2D eigenvalue weighted by molar-refractivity contribution is 7.92. The number of benzene rings is 3. The summed E-state index contributed by atoms with van der Waals surface area (Å²) in [5.41, 5.74) is 1.31. The van der Waals surface area contributed by atoms with Crippen LogP contribution in [0.2, 0.25) is 0 Å². The fourth-order valence-electron chi connectivity index (χ4n) is 3.08. The Morgan fingerprint density at radius 3 is 2.03 bits per heavy atom. The minimum atomic E-state index is -5.08. The molecule has 0 saturated heterocycles. The van der Waals surface area contributed by atoms with Crippen molar-refractivity contribution in [2.45, 2.75) is 24.5 Å². The molecule has 38 heavy (non-hydrogen) atoms. The number of nitrogens with one attached hydrogen (secondary N) is 1. The first kappa shape index (κ1) is 30.0. The summed E-state index contributed by atoms with van der Waals surface area (Å²) in [5, 5.41) is 16.8. The van der Waals surface area contributed by atoms with E-state index in [-0.39, 0.29) is 11.3 Å². The van der Waals surface area contributed by atoms with Crippen molar-refractivity contribution in [2.75, 3.05) is 16.2 Å². The molecule has 0 radical (unpaired) electrons. The van der Waals surface area contributed by atoms with E-state index < -0.39 is 44.7 Å². The molecule has 0 bridgehead atoms. The number of hydrogen-bond donors (Lipinski definition) is 3. The lowest BCUT2D eigenvalue weighted by atomic mass is 10.1. The van der Waals surface area contributed by atoms with Gasteiger partial charge < -0.3 is 15.1 Å². The van der Waals surface area contributed by atoms with Gasteiger partial charge in [-0.05, 0) is 48.9 Å². The van der Waals surface area contributed by atoms with Crippen LogP contribution in [-0.4, -0.2) is 43.3 Å². The first-order chi connectivity index (χ1) is 17.7. The lowest BCUT2D eigenvalue weighted by molar-refractivity contribution is -0.192. The van der Waals surface area contributed by atoms with Gasteiger partial charge in [0.15, 0.2) is 11.6 Å². The summed E-state index contributed by atoms with van der Waals surface area (Å²) >= 11 is 0. The van der Waals surface area contributed by atoms with Crippen molar-refractivity contribution in [2.24, 2.45) is 0 Å². The number of sulfonamides is 1. The Bertz CT molecular complexity index is 1400. The molecule has 0 aliphatic heterocycles. The molecule has 0 unspecified atom stereocenters. The van der Waals surface area contributed by atoms with Crippen LogP contribution in [0.4, 0.5) is 33.3 Å². The van der Waals surface area contributed by atoms with Gasteiger partial charge in [0.1, 0.15) is 0 Å². The zero-order chi connectivity index (χ0) is 28.7. The molecule has 0 fully saturated rings. The van der Waals surface area contributed by atoms with Crippen LogP contribution in [0, 0.1) is 11.6 Å². The number of carboxylic acid groups (broad SMARTS) is 2. The van der Waals surface area contributed by atoms with E-state index in [0.29, 0.717) is 30.9 Å². The number of alkyl halides is 3. The molecule has 0 aliphatic rings. The normalized spacial score (nSPS) is 11.2. The zero-order valence-corrected chi connectivity index (χ0v) is 20.4. The quantitative estimate of drug-likeness (QED) is 0.327. The summed E-state index contributed by atoms with van der Waals surface area (Å²) in [7, 11) is -4.25. The lowest BCUT2D eigenvalue weighted by Crippen LogP contribution is -2.24. The third kappa shape index (κ3) is 8.16. The third-order valence-electron chi connectivity index (χ3n) is 4.86. The molecule has 0 saturated carbocycles. The van der Waals surface area contributed by atoms with E-state index >= 15 is 0 Å². The third-order valence-corrected chi connectivity index (χ3v) is 6.24. The van der Waals surface area contributed by atoms with E-state index in [4.69, 9.17) is 9.90 Å². The number of aliphatic carboxylic acids is 1. The van der Waals surface area contributed by atoms with Gasteiger partial charge in [0.05, 0.1) is 16.1 Å². The monoisotopic (exact) mass is 560 g/mol. The SMILES string of the molecule is CCN(Cc1ccccc1)c1ccc(NS(=O)(=O)c2ccc(F)c(F)c2)cc1C(=O)O.O=C(O)C(F)(F)F. The van der Waals surface area contributed by atoms with Gasteiger partial charge in [-0.2, -0.15) is 13.2 Å². The second kappa shape index (κ2) is 12.4. The molecule has 3 aromatic carbocycles. The second-order valence-corrected chi connectivity index (χ2v) is 9.20. The van der Waals surface area contributed by atoms with Crippen molar-refractivity contribution in [3.8, 4) is 0 Å². The van der Waals surface area contributed by atoms with E-state index in [1.165, 1.54) is 18.2 Å². The van der Waals surface area contributed by atoms with Gasteiger partial charge in [-0.3, -0.25) is 4.72 Å². The molecular formula is C24H21F5N2O6S. The average Bonchev–Trinajstić information content (AvgIpc) is 2.84. The maximum Gasteiger partial charge on any atom is 0.490 e. The summed E-state index contributed by atoms with van der Waals surface area (Å²) in [6.45, 7) is 2.88. The molecule has 0 aliphatic carbocycles. The fourth-order valence-corrected chi connectivity index (χ4v) is 4.14. The molecule has 3 aromatic rings. The highest BCUT2D eigenvalue weighted by Crippen LogP contribution is 2.27. The smallest absolute Gasteiger partial charge is 0.478 e. The second-order valence-electron chi connectivity index (χ2n) is 7.52. The summed E-state index contributed by atoms with van der Waals surface area (Å²) in [4.78, 5) is 22.1. The largest absolute Gasteiger partial charge is 0.490 e. The predicted molar refractivity (Wildman–Crippen MR) is 127 cm³/mol. The topological polar surface area (TPSA) is 124 Å². The van der Waals surface area contributed by atoms with Crippen LogP contribution < -0.4 is 9.62 Å². The van der Waals surface area contributed by atoms with E-state index in [0.717, 1.165) is 11.6 Å². The maximum atomic E-state index is 13.4. The number of carboxylic acids is 2. The first-order valence-electron chi connectivity index (χ1n) is 10.6. The lowest BCUT2D eigenvalue weighted by Gasteiger charge is -2.25. The number of aromatic carboxylic acids is 1. The van der Waals surface area contributed by atoms with Gasteiger partial charge in [-0.1, -0.05) is 30.3 Å². The van der Waals surface area contributed by atoms with Gasteiger partial charge >= 0.3 is 18.1 Å². The standard InChI is InChI=1S/C22H20F2N2O4S.C2HF3O2/c1-2-26(14-15-6-4-3-5-7-15)21-11-8-16(12-18(21)22(27)28)25-31(29,30)17-9-10-19(23)20(24)13-17;3-2(4,5)1(6)7/h3-13,25H,2,14H2,1H3,(H,27,28);(H,6,7). The maximum absolute atomic E-state index is 13.4. The zero-order valence-electron chi connectivity index (χ0n) is 19.5. The number of carbonyl (C=O) groups is 2. The van der Waals surface area contributed by atoms with Gasteiger partial charge in [0, 0.05) is 18.8 Å². The summed E-state index contributed by atoms with van der Waals surface area (Å²) in [6.07, 6.45) is -5.08. The Balaban J connectivity index is 0.000000638. The number of hydrogen-bond acceptors (Lipinski definition) is 5.